The van der Waals surface area contributed by atoms with Gasteiger partial charge in [-0.05, 0) is 42.9 Å². The zero-order chi connectivity index (χ0) is 13.7. The summed E-state index contributed by atoms with van der Waals surface area (Å²) in [6.07, 6.45) is 3.56. The van der Waals surface area contributed by atoms with Crippen LogP contribution in [0.4, 0.5) is 5.69 Å². The number of carbonyl (C=O) groups is 1. The minimum absolute atomic E-state index is 0.0521. The summed E-state index contributed by atoms with van der Waals surface area (Å²) >= 11 is 1.97. The first kappa shape index (κ1) is 14.3. The molecule has 0 bridgehead atoms. The van der Waals surface area contributed by atoms with E-state index in [4.69, 9.17) is 0 Å². The third-order valence-corrected chi connectivity index (χ3v) is 4.91. The Morgan fingerprint density at radius 3 is 2.68 bits per heavy atom. The van der Waals surface area contributed by atoms with Gasteiger partial charge in [0.25, 0.3) is 5.91 Å². The van der Waals surface area contributed by atoms with Crippen molar-refractivity contribution in [2.24, 2.45) is 0 Å². The molecule has 1 aliphatic carbocycles. The van der Waals surface area contributed by atoms with Crippen molar-refractivity contribution in [3.8, 4) is 0 Å². The summed E-state index contributed by atoms with van der Waals surface area (Å²) in [5.74, 6) is 1.17. The monoisotopic (exact) mass is 278 g/mol. The number of thioether (sulfide) groups is 1. The summed E-state index contributed by atoms with van der Waals surface area (Å²) in [5, 5.41) is 6.83. The molecule has 0 aliphatic heterocycles. The van der Waals surface area contributed by atoms with Gasteiger partial charge in [0.2, 0.25) is 0 Å². The largest absolute Gasteiger partial charge is 0.388 e. The molecule has 4 heteroatoms. The predicted octanol–water partition coefficient (Wildman–Crippen LogP) is 3.13. The first-order valence-electron chi connectivity index (χ1n) is 6.95. The van der Waals surface area contributed by atoms with Crippen molar-refractivity contribution in [2.45, 2.75) is 37.5 Å². The predicted molar refractivity (Wildman–Crippen MR) is 83.0 cm³/mol. The Hall–Kier alpha value is -1.16. The standard InChI is InChI=1S/C15H22N2OS/c1-3-19-14-6-4-5-13(14)17-15(18)11-7-9-12(16-2)10-8-11/h7-10,13-14,16H,3-6H2,1-2H3,(H,17,18). The lowest BCUT2D eigenvalue weighted by Crippen LogP contribution is -2.38. The highest BCUT2D eigenvalue weighted by molar-refractivity contribution is 7.99. The Balaban J connectivity index is 1.95. The van der Waals surface area contributed by atoms with Crippen LogP contribution < -0.4 is 10.6 Å². The molecule has 1 aromatic carbocycles. The number of hydrogen-bond donors (Lipinski definition) is 2. The van der Waals surface area contributed by atoms with Gasteiger partial charge in [-0.1, -0.05) is 13.3 Å². The molecule has 3 nitrogen and oxygen atoms in total. The lowest BCUT2D eigenvalue weighted by atomic mass is 10.1. The van der Waals surface area contributed by atoms with Gasteiger partial charge in [-0.3, -0.25) is 4.79 Å². The van der Waals surface area contributed by atoms with E-state index in [2.05, 4.69) is 17.6 Å². The minimum atomic E-state index is 0.0521. The lowest BCUT2D eigenvalue weighted by molar-refractivity contribution is 0.0938. The van der Waals surface area contributed by atoms with Crippen molar-refractivity contribution in [2.75, 3.05) is 18.1 Å². The fourth-order valence-electron chi connectivity index (χ4n) is 2.54. The maximum absolute atomic E-state index is 12.2. The SMILES string of the molecule is CCSC1CCCC1NC(=O)c1ccc(NC)cc1. The molecule has 0 spiro atoms. The Bertz CT molecular complexity index is 419. The summed E-state index contributed by atoms with van der Waals surface area (Å²) in [7, 11) is 1.88. The average molecular weight is 278 g/mol. The number of carbonyl (C=O) groups excluding carboxylic acids is 1. The fraction of sp³-hybridized carbons (Fsp3) is 0.533. The van der Waals surface area contributed by atoms with Crippen LogP contribution in [0.15, 0.2) is 24.3 Å². The molecule has 1 saturated carbocycles. The van der Waals surface area contributed by atoms with E-state index in [-0.39, 0.29) is 5.91 Å². The Morgan fingerprint density at radius 2 is 2.05 bits per heavy atom. The fourth-order valence-corrected chi connectivity index (χ4v) is 3.74. The molecule has 1 amide bonds. The number of nitrogens with one attached hydrogen (secondary N) is 2. The molecule has 1 fully saturated rings. The van der Waals surface area contributed by atoms with Crippen LogP contribution in [-0.2, 0) is 0 Å². The summed E-state index contributed by atoms with van der Waals surface area (Å²) in [5.41, 5.74) is 1.77. The zero-order valence-corrected chi connectivity index (χ0v) is 12.4. The molecule has 0 heterocycles. The highest BCUT2D eigenvalue weighted by Crippen LogP contribution is 2.30. The highest BCUT2D eigenvalue weighted by atomic mass is 32.2. The molecular formula is C15H22N2OS. The van der Waals surface area contributed by atoms with Gasteiger partial charge in [0.05, 0.1) is 0 Å². The third kappa shape index (κ3) is 3.66. The Kier molecular flexibility index (Phi) is 5.14. The second-order valence-corrected chi connectivity index (χ2v) is 6.35. The molecule has 2 N–H and O–H groups in total. The number of amides is 1. The molecule has 1 aromatic rings. The summed E-state index contributed by atoms with van der Waals surface area (Å²) in [4.78, 5) is 12.2. The molecule has 0 radical (unpaired) electrons. The molecule has 19 heavy (non-hydrogen) atoms. The summed E-state index contributed by atoms with van der Waals surface area (Å²) < 4.78 is 0. The van der Waals surface area contributed by atoms with E-state index in [0.717, 1.165) is 23.4 Å². The topological polar surface area (TPSA) is 41.1 Å². The summed E-state index contributed by atoms with van der Waals surface area (Å²) in [6.45, 7) is 2.18. The molecule has 2 unspecified atom stereocenters. The van der Waals surface area contributed by atoms with Crippen LogP contribution in [0.25, 0.3) is 0 Å². The molecule has 1 aliphatic rings. The Labute approximate surface area is 119 Å². The van der Waals surface area contributed by atoms with Crippen molar-refractivity contribution in [1.82, 2.24) is 5.32 Å². The first-order chi connectivity index (χ1) is 9.24. The van der Waals surface area contributed by atoms with Crippen molar-refractivity contribution in [3.05, 3.63) is 29.8 Å². The first-order valence-corrected chi connectivity index (χ1v) is 7.99. The van der Waals surface area contributed by atoms with Gasteiger partial charge in [-0.2, -0.15) is 11.8 Å². The maximum atomic E-state index is 12.2. The van der Waals surface area contributed by atoms with Gasteiger partial charge >= 0.3 is 0 Å². The van der Waals surface area contributed by atoms with Crippen molar-refractivity contribution in [3.63, 3.8) is 0 Å². The second-order valence-electron chi connectivity index (χ2n) is 4.83. The number of anilines is 1. The van der Waals surface area contributed by atoms with Crippen molar-refractivity contribution >= 4 is 23.4 Å². The lowest BCUT2D eigenvalue weighted by Gasteiger charge is -2.20. The molecule has 104 valence electrons. The van der Waals surface area contributed by atoms with Crippen LogP contribution in [0.1, 0.15) is 36.5 Å². The van der Waals surface area contributed by atoms with Crippen LogP contribution >= 0.6 is 11.8 Å². The van der Waals surface area contributed by atoms with E-state index in [9.17, 15) is 4.79 Å². The highest BCUT2D eigenvalue weighted by Gasteiger charge is 2.28. The smallest absolute Gasteiger partial charge is 0.251 e. The molecular weight excluding hydrogens is 256 g/mol. The van der Waals surface area contributed by atoms with E-state index in [0.29, 0.717) is 11.3 Å². The zero-order valence-electron chi connectivity index (χ0n) is 11.6. The summed E-state index contributed by atoms with van der Waals surface area (Å²) in [6, 6.07) is 7.95. The number of hydrogen-bond acceptors (Lipinski definition) is 3. The molecule has 2 rings (SSSR count). The van der Waals surface area contributed by atoms with Gasteiger partial charge in [0.1, 0.15) is 0 Å². The minimum Gasteiger partial charge on any atom is -0.388 e. The third-order valence-electron chi connectivity index (χ3n) is 3.59. The van der Waals surface area contributed by atoms with Gasteiger partial charge < -0.3 is 10.6 Å². The molecule has 0 saturated heterocycles. The van der Waals surface area contributed by atoms with E-state index in [1.165, 1.54) is 12.8 Å². The van der Waals surface area contributed by atoms with E-state index < -0.39 is 0 Å². The van der Waals surface area contributed by atoms with Crippen LogP contribution in [0.5, 0.6) is 0 Å². The number of benzene rings is 1. The van der Waals surface area contributed by atoms with Crippen molar-refractivity contribution in [1.29, 1.82) is 0 Å². The van der Waals surface area contributed by atoms with E-state index >= 15 is 0 Å². The van der Waals surface area contributed by atoms with Gasteiger partial charge in [0.15, 0.2) is 0 Å². The number of rotatable bonds is 5. The van der Waals surface area contributed by atoms with Crippen LogP contribution in [-0.4, -0.2) is 30.0 Å². The van der Waals surface area contributed by atoms with Gasteiger partial charge in [0, 0.05) is 29.6 Å². The molecule has 0 aromatic heterocycles. The van der Waals surface area contributed by atoms with Crippen LogP contribution in [0.2, 0.25) is 0 Å². The average Bonchev–Trinajstić information content (AvgIpc) is 2.86. The normalized spacial score (nSPS) is 22.2. The van der Waals surface area contributed by atoms with Crippen molar-refractivity contribution < 1.29 is 4.79 Å². The van der Waals surface area contributed by atoms with Crippen LogP contribution in [0.3, 0.4) is 0 Å². The second kappa shape index (κ2) is 6.85. The Morgan fingerprint density at radius 1 is 1.32 bits per heavy atom. The van der Waals surface area contributed by atoms with Crippen LogP contribution in [0, 0.1) is 0 Å². The van der Waals surface area contributed by atoms with Gasteiger partial charge in [-0.25, -0.2) is 0 Å². The van der Waals surface area contributed by atoms with E-state index in [1.807, 2.05) is 43.1 Å². The van der Waals surface area contributed by atoms with Gasteiger partial charge in [-0.15, -0.1) is 0 Å². The van der Waals surface area contributed by atoms with E-state index in [1.54, 1.807) is 0 Å². The maximum Gasteiger partial charge on any atom is 0.251 e. The quantitative estimate of drug-likeness (QED) is 0.869. The molecule has 2 atom stereocenters.